The van der Waals surface area contributed by atoms with Gasteiger partial charge in [-0.2, -0.15) is 32.8 Å². The predicted octanol–water partition coefficient (Wildman–Crippen LogP) is 2.61. The summed E-state index contributed by atoms with van der Waals surface area (Å²) >= 11 is 0. The molecule has 0 bridgehead atoms. The third kappa shape index (κ3) is 3.60. The van der Waals surface area contributed by atoms with Crippen LogP contribution >= 0.6 is 0 Å². The molecule has 1 aliphatic rings. The molecule has 0 atom stereocenters. The van der Waals surface area contributed by atoms with Gasteiger partial charge in [-0.3, -0.25) is 0 Å². The van der Waals surface area contributed by atoms with Gasteiger partial charge in [0.15, 0.2) is 11.5 Å². The quantitative estimate of drug-likeness (QED) is 0.475. The first-order valence-electron chi connectivity index (χ1n) is 9.43. The summed E-state index contributed by atoms with van der Waals surface area (Å²) in [5.41, 5.74) is -0.628. The summed E-state index contributed by atoms with van der Waals surface area (Å²) in [4.78, 5) is 17.4. The number of rotatable bonds is 4. The topological polar surface area (TPSA) is 96.3 Å². The number of fused-ring (bicyclic) bond motifs is 2. The molecule has 9 nitrogen and oxygen atoms in total. The molecular weight excluding hydrogens is 420 g/mol. The summed E-state index contributed by atoms with van der Waals surface area (Å²) < 4.78 is 60.5. The first kappa shape index (κ1) is 19.5. The number of imidazole rings is 1. The second kappa shape index (κ2) is 7.34. The number of aromatic nitrogens is 6. The number of aromatic amines is 1. The van der Waals surface area contributed by atoms with E-state index in [-0.39, 0.29) is 29.6 Å². The first-order valence-corrected chi connectivity index (χ1v) is 9.43. The van der Waals surface area contributed by atoms with Gasteiger partial charge in [-0.05, 0) is 12.1 Å². The minimum atomic E-state index is -4.62. The molecule has 0 spiro atoms. The number of benzene rings is 1. The van der Waals surface area contributed by atoms with Gasteiger partial charge < -0.3 is 19.9 Å². The Bertz CT molecular complexity index is 1240. The number of H-pyrrole nitrogens is 1. The third-order valence-corrected chi connectivity index (χ3v) is 4.88. The smallest absolute Gasteiger partial charge is 0.378 e. The molecule has 3 aromatic heterocycles. The van der Waals surface area contributed by atoms with Crippen molar-refractivity contribution < 1.29 is 22.3 Å². The van der Waals surface area contributed by atoms with Crippen LogP contribution in [-0.2, 0) is 17.5 Å². The van der Waals surface area contributed by atoms with Gasteiger partial charge in [-0.25, -0.2) is 9.37 Å². The lowest BCUT2D eigenvalue weighted by molar-refractivity contribution is -0.136. The zero-order valence-electron chi connectivity index (χ0n) is 15.9. The van der Waals surface area contributed by atoms with Gasteiger partial charge in [0.05, 0.1) is 31.5 Å². The van der Waals surface area contributed by atoms with E-state index in [4.69, 9.17) is 4.74 Å². The first-order chi connectivity index (χ1) is 14.9. The van der Waals surface area contributed by atoms with Gasteiger partial charge in [-0.15, -0.1) is 0 Å². The highest BCUT2D eigenvalue weighted by atomic mass is 19.4. The van der Waals surface area contributed by atoms with E-state index in [0.717, 1.165) is 10.7 Å². The number of hydrogen-bond donors (Lipinski definition) is 2. The lowest BCUT2D eigenvalue weighted by Crippen LogP contribution is -2.37. The van der Waals surface area contributed by atoms with Crippen molar-refractivity contribution in [2.45, 2.75) is 12.7 Å². The van der Waals surface area contributed by atoms with E-state index in [1.54, 1.807) is 17.0 Å². The number of nitrogens with one attached hydrogen (secondary N) is 2. The van der Waals surface area contributed by atoms with Crippen LogP contribution in [0.4, 0.5) is 29.5 Å². The van der Waals surface area contributed by atoms with Crippen LogP contribution in [0.3, 0.4) is 0 Å². The molecular formula is C18H16F4N8O. The summed E-state index contributed by atoms with van der Waals surface area (Å²) in [5, 5.41) is 6.75. The zero-order valence-corrected chi connectivity index (χ0v) is 15.9. The molecule has 0 radical (unpaired) electrons. The highest BCUT2D eigenvalue weighted by Crippen LogP contribution is 2.33. The number of halogens is 4. The van der Waals surface area contributed by atoms with Crippen LogP contribution < -0.4 is 10.2 Å². The average molecular weight is 436 g/mol. The van der Waals surface area contributed by atoms with Gasteiger partial charge in [0.25, 0.3) is 0 Å². The average Bonchev–Trinajstić information content (AvgIpc) is 3.37. The van der Waals surface area contributed by atoms with Crippen LogP contribution in [0.2, 0.25) is 0 Å². The zero-order chi connectivity index (χ0) is 21.6. The molecule has 0 amide bonds. The maximum Gasteiger partial charge on any atom is 0.421 e. The van der Waals surface area contributed by atoms with E-state index in [2.05, 4.69) is 30.4 Å². The van der Waals surface area contributed by atoms with Crippen molar-refractivity contribution in [3.05, 3.63) is 41.6 Å². The normalized spacial score (nSPS) is 15.2. The predicted molar refractivity (Wildman–Crippen MR) is 102 cm³/mol. The lowest BCUT2D eigenvalue weighted by Gasteiger charge is -2.27. The van der Waals surface area contributed by atoms with Gasteiger partial charge in [0.1, 0.15) is 16.9 Å². The Morgan fingerprint density at radius 2 is 1.94 bits per heavy atom. The van der Waals surface area contributed by atoms with Crippen molar-refractivity contribution >= 4 is 28.6 Å². The Kier molecular flexibility index (Phi) is 4.61. The van der Waals surface area contributed by atoms with Crippen molar-refractivity contribution in [2.24, 2.45) is 0 Å². The maximum absolute atomic E-state index is 13.9. The highest BCUT2D eigenvalue weighted by molar-refractivity contribution is 5.75. The second-order valence-corrected chi connectivity index (χ2v) is 6.91. The molecule has 31 heavy (non-hydrogen) atoms. The number of hydrogen-bond acceptors (Lipinski definition) is 7. The van der Waals surface area contributed by atoms with E-state index >= 15 is 0 Å². The van der Waals surface area contributed by atoms with Crippen LogP contribution in [0.15, 0.2) is 24.4 Å². The van der Waals surface area contributed by atoms with Crippen molar-refractivity contribution in [1.82, 2.24) is 29.5 Å². The summed E-state index contributed by atoms with van der Waals surface area (Å²) in [6.45, 7) is 1.81. The number of alkyl halides is 3. The molecule has 0 saturated carbocycles. The Labute approximate surface area is 172 Å². The van der Waals surface area contributed by atoms with Crippen molar-refractivity contribution in [3.8, 4) is 0 Å². The number of morpholine rings is 1. The molecule has 0 unspecified atom stereocenters. The number of anilines is 2. The summed E-state index contributed by atoms with van der Waals surface area (Å²) in [7, 11) is 0. The van der Waals surface area contributed by atoms with E-state index < -0.39 is 17.6 Å². The molecule has 2 N–H and O–H groups in total. The second-order valence-electron chi connectivity index (χ2n) is 6.91. The van der Waals surface area contributed by atoms with Crippen LogP contribution in [0.5, 0.6) is 0 Å². The fourth-order valence-electron chi connectivity index (χ4n) is 3.38. The maximum atomic E-state index is 13.9. The highest BCUT2D eigenvalue weighted by Gasteiger charge is 2.36. The Hall–Kier alpha value is -3.48. The fraction of sp³-hybridized carbons (Fsp3) is 0.333. The van der Waals surface area contributed by atoms with Gasteiger partial charge in [0.2, 0.25) is 11.9 Å². The van der Waals surface area contributed by atoms with Crippen molar-refractivity contribution in [1.29, 1.82) is 0 Å². The summed E-state index contributed by atoms with van der Waals surface area (Å²) in [5.74, 6) is 0.117. The van der Waals surface area contributed by atoms with Gasteiger partial charge in [0, 0.05) is 13.1 Å². The molecule has 4 aromatic rings. The van der Waals surface area contributed by atoms with Crippen molar-refractivity contribution in [3.63, 3.8) is 0 Å². The largest absolute Gasteiger partial charge is 0.421 e. The van der Waals surface area contributed by atoms with Crippen LogP contribution in [0.25, 0.3) is 16.7 Å². The SMILES string of the molecule is Fc1cccc2[nH]c(CNc3nc(N4CCOCC4)nc4c(C(F)(F)F)cnn34)nc12. The lowest BCUT2D eigenvalue weighted by atomic mass is 10.3. The van der Waals surface area contributed by atoms with E-state index in [1.807, 2.05) is 0 Å². The molecule has 1 saturated heterocycles. The van der Waals surface area contributed by atoms with E-state index in [9.17, 15) is 17.6 Å². The number of ether oxygens (including phenoxy) is 1. The minimum absolute atomic E-state index is 0.0583. The fourth-order valence-corrected chi connectivity index (χ4v) is 3.38. The molecule has 1 aliphatic heterocycles. The van der Waals surface area contributed by atoms with Crippen LogP contribution in [-0.4, -0.2) is 55.9 Å². The minimum Gasteiger partial charge on any atom is -0.378 e. The van der Waals surface area contributed by atoms with Gasteiger partial charge >= 0.3 is 6.18 Å². The Morgan fingerprint density at radius 1 is 1.13 bits per heavy atom. The summed E-state index contributed by atoms with van der Waals surface area (Å²) in [6, 6.07) is 4.53. The Balaban J connectivity index is 1.52. The molecule has 162 valence electrons. The number of nitrogens with zero attached hydrogens (tertiary/aromatic N) is 6. The summed E-state index contributed by atoms with van der Waals surface area (Å²) in [6.07, 6.45) is -3.90. The standard InChI is InChI=1S/C18H16F4N8O/c19-11-2-1-3-12-14(11)26-13(25-12)9-23-16-28-17(29-4-6-31-7-5-29)27-15-10(18(20,21)22)8-24-30(15)16/h1-3,8H,4-7,9H2,(H,25,26)(H,23,27,28). The van der Waals surface area contributed by atoms with Crippen molar-refractivity contribution in [2.75, 3.05) is 36.5 Å². The molecule has 1 aromatic carbocycles. The molecule has 5 rings (SSSR count). The van der Waals surface area contributed by atoms with Crippen LogP contribution in [0.1, 0.15) is 11.4 Å². The molecule has 1 fully saturated rings. The molecule has 0 aliphatic carbocycles. The van der Waals surface area contributed by atoms with Crippen LogP contribution in [0, 0.1) is 5.82 Å². The monoisotopic (exact) mass is 436 g/mol. The third-order valence-electron chi connectivity index (χ3n) is 4.88. The molecule has 13 heteroatoms. The number of para-hydroxylation sites is 1. The van der Waals surface area contributed by atoms with E-state index in [1.165, 1.54) is 6.07 Å². The Morgan fingerprint density at radius 3 is 2.68 bits per heavy atom. The van der Waals surface area contributed by atoms with Gasteiger partial charge in [-0.1, -0.05) is 6.07 Å². The van der Waals surface area contributed by atoms with E-state index in [0.29, 0.717) is 37.6 Å². The molecule has 4 heterocycles.